The highest BCUT2D eigenvalue weighted by Crippen LogP contribution is 2.26. The second-order valence-corrected chi connectivity index (χ2v) is 19.2. The number of ether oxygens (including phenoxy) is 5. The smallest absolute Gasteiger partial charge is 0.335 e. The van der Waals surface area contributed by atoms with Gasteiger partial charge >= 0.3 is 23.9 Å². The SMILES string of the molecule is CC/C=C\C/C=C\C/C=C\C/C=C\CCCCC(=O)OC1C(OCC(COC(=O)CCCCCCCCC/C=C\C/C=C\CCCCC)OC(=O)CCCCCCC/C=C\CCCC)OC(C(=O)O)C(O)C1O. The Morgan fingerprint density at radius 2 is 0.877 bits per heavy atom. The summed E-state index contributed by atoms with van der Waals surface area (Å²) in [6.45, 7) is 5.77. The lowest BCUT2D eigenvalue weighted by Gasteiger charge is -2.40. The molecule has 6 unspecified atom stereocenters. The number of aliphatic hydroxyl groups is 2. The van der Waals surface area contributed by atoms with Gasteiger partial charge < -0.3 is 39.0 Å². The van der Waals surface area contributed by atoms with Crippen LogP contribution in [-0.2, 0) is 42.9 Å². The van der Waals surface area contributed by atoms with Gasteiger partial charge in [0.15, 0.2) is 24.6 Å². The number of unbranched alkanes of at least 4 members (excludes halogenated alkanes) is 19. The summed E-state index contributed by atoms with van der Waals surface area (Å²) in [5, 5.41) is 31.4. The van der Waals surface area contributed by atoms with Gasteiger partial charge in [0.25, 0.3) is 0 Å². The molecule has 1 saturated heterocycles. The summed E-state index contributed by atoms with van der Waals surface area (Å²) in [5.41, 5.74) is 0. The predicted molar refractivity (Wildman–Crippen MR) is 294 cm³/mol. The summed E-state index contributed by atoms with van der Waals surface area (Å²) in [5.74, 6) is -3.20. The molecule has 0 spiro atoms. The van der Waals surface area contributed by atoms with E-state index in [1.807, 2.05) is 0 Å². The van der Waals surface area contributed by atoms with Crippen LogP contribution in [-0.4, -0.2) is 89.2 Å². The molecule has 0 aromatic rings. The zero-order chi connectivity index (χ0) is 53.3. The number of rotatable bonds is 47. The van der Waals surface area contributed by atoms with Crippen molar-refractivity contribution in [1.82, 2.24) is 0 Å². The molecule has 73 heavy (non-hydrogen) atoms. The fraction of sp³-hybridized carbons (Fsp3) is 0.705. The Balaban J connectivity index is 2.72. The maximum atomic E-state index is 13.1. The van der Waals surface area contributed by atoms with Gasteiger partial charge in [-0.05, 0) is 109 Å². The fourth-order valence-corrected chi connectivity index (χ4v) is 8.02. The second kappa shape index (κ2) is 48.8. The van der Waals surface area contributed by atoms with Crippen molar-refractivity contribution < 1.29 is 58.2 Å². The normalized spacial score (nSPS) is 18.9. The number of esters is 3. The van der Waals surface area contributed by atoms with E-state index in [0.717, 1.165) is 109 Å². The van der Waals surface area contributed by atoms with E-state index in [4.69, 9.17) is 23.7 Å². The Kier molecular flexibility index (Phi) is 44.7. The third-order valence-corrected chi connectivity index (χ3v) is 12.4. The van der Waals surface area contributed by atoms with Gasteiger partial charge in [0.2, 0.25) is 0 Å². The van der Waals surface area contributed by atoms with E-state index in [9.17, 15) is 34.5 Å². The van der Waals surface area contributed by atoms with Gasteiger partial charge in [-0.3, -0.25) is 14.4 Å². The molecule has 12 nitrogen and oxygen atoms in total. The van der Waals surface area contributed by atoms with Crippen LogP contribution >= 0.6 is 0 Å². The molecule has 0 radical (unpaired) electrons. The Bertz CT molecular complexity index is 1590. The molecule has 1 rings (SSSR count). The lowest BCUT2D eigenvalue weighted by atomic mass is 9.98. The minimum atomic E-state index is -1.92. The summed E-state index contributed by atoms with van der Waals surface area (Å²) in [4.78, 5) is 51.0. The van der Waals surface area contributed by atoms with Crippen molar-refractivity contribution in [3.05, 3.63) is 85.1 Å². The molecule has 12 heteroatoms. The van der Waals surface area contributed by atoms with Crippen LogP contribution in [0.15, 0.2) is 85.1 Å². The Morgan fingerprint density at radius 1 is 0.466 bits per heavy atom. The van der Waals surface area contributed by atoms with Crippen molar-refractivity contribution in [3.8, 4) is 0 Å². The van der Waals surface area contributed by atoms with Crippen molar-refractivity contribution in [2.75, 3.05) is 13.2 Å². The lowest BCUT2D eigenvalue weighted by Crippen LogP contribution is -2.61. The first-order chi connectivity index (χ1) is 35.6. The van der Waals surface area contributed by atoms with Crippen LogP contribution in [0.5, 0.6) is 0 Å². The number of carboxylic acids is 1. The molecular weight excluding hydrogens is 925 g/mol. The van der Waals surface area contributed by atoms with Crippen molar-refractivity contribution in [3.63, 3.8) is 0 Å². The van der Waals surface area contributed by atoms with Crippen molar-refractivity contribution in [1.29, 1.82) is 0 Å². The summed E-state index contributed by atoms with van der Waals surface area (Å²) in [6.07, 6.45) is 49.9. The molecule has 1 fully saturated rings. The summed E-state index contributed by atoms with van der Waals surface area (Å²) in [6, 6.07) is 0. The fourth-order valence-electron chi connectivity index (χ4n) is 8.02. The number of aliphatic hydroxyl groups excluding tert-OH is 2. The molecule has 1 heterocycles. The van der Waals surface area contributed by atoms with Crippen LogP contribution in [0, 0.1) is 0 Å². The van der Waals surface area contributed by atoms with Crippen molar-refractivity contribution >= 4 is 23.9 Å². The molecule has 3 N–H and O–H groups in total. The Hall–Kier alpha value is -4.10. The van der Waals surface area contributed by atoms with E-state index < -0.39 is 67.3 Å². The van der Waals surface area contributed by atoms with E-state index in [-0.39, 0.29) is 25.9 Å². The quantitative estimate of drug-likeness (QED) is 0.0228. The molecule has 416 valence electrons. The average molecular weight is 1030 g/mol. The van der Waals surface area contributed by atoms with Crippen LogP contribution in [0.1, 0.15) is 226 Å². The molecular formula is C61H100O12. The summed E-state index contributed by atoms with van der Waals surface area (Å²) < 4.78 is 28.3. The van der Waals surface area contributed by atoms with Gasteiger partial charge in [-0.1, -0.05) is 183 Å². The highest BCUT2D eigenvalue weighted by molar-refractivity contribution is 5.74. The molecule has 0 saturated carbocycles. The summed E-state index contributed by atoms with van der Waals surface area (Å²) >= 11 is 0. The highest BCUT2D eigenvalue weighted by atomic mass is 16.7. The number of allylic oxidation sites excluding steroid dienone is 14. The van der Waals surface area contributed by atoms with E-state index in [1.54, 1.807) is 0 Å². The van der Waals surface area contributed by atoms with Crippen LogP contribution in [0.2, 0.25) is 0 Å². The summed E-state index contributed by atoms with van der Waals surface area (Å²) in [7, 11) is 0. The molecule has 0 amide bonds. The molecule has 0 aromatic carbocycles. The third kappa shape index (κ3) is 39.0. The molecule has 0 bridgehead atoms. The van der Waals surface area contributed by atoms with Gasteiger partial charge in [0, 0.05) is 19.3 Å². The zero-order valence-electron chi connectivity index (χ0n) is 45.6. The standard InChI is InChI=1S/C61H100O12/c1-4-7-10-13-16-19-22-24-26-27-29-30-33-35-38-41-44-47-53(62)69-50-52(71-54(63)48-45-42-39-36-32-21-18-15-12-9-6-3)51-70-61-59(57(66)56(65)58(73-61)60(67)68)72-55(64)49-46-43-40-37-34-31-28-25-23-20-17-14-11-8-5-2/h8,11,15-20,24-26,28,34,37,52,56-59,61,65-66H,4-7,9-10,12-14,21-23,27,29-33,35-36,38-51H2,1-3H3,(H,67,68)/b11-8-,18-15-,19-16-,20-17-,26-24-,28-25-,37-34-. The second-order valence-electron chi connectivity index (χ2n) is 19.2. The van der Waals surface area contributed by atoms with Crippen LogP contribution in [0.3, 0.4) is 0 Å². The molecule has 0 aromatic heterocycles. The number of carbonyl (C=O) groups excluding carboxylic acids is 3. The average Bonchev–Trinajstić information content (AvgIpc) is 3.37. The minimum Gasteiger partial charge on any atom is -0.479 e. The zero-order valence-corrected chi connectivity index (χ0v) is 45.6. The predicted octanol–water partition coefficient (Wildman–Crippen LogP) is 14.3. The maximum Gasteiger partial charge on any atom is 0.335 e. The topological polar surface area (TPSA) is 175 Å². The molecule has 6 atom stereocenters. The number of hydrogen-bond acceptors (Lipinski definition) is 11. The first-order valence-corrected chi connectivity index (χ1v) is 28.6. The highest BCUT2D eigenvalue weighted by Gasteiger charge is 2.50. The van der Waals surface area contributed by atoms with Gasteiger partial charge in [-0.15, -0.1) is 0 Å². The van der Waals surface area contributed by atoms with Gasteiger partial charge in [-0.2, -0.15) is 0 Å². The third-order valence-electron chi connectivity index (χ3n) is 12.4. The maximum absolute atomic E-state index is 13.1. The first-order valence-electron chi connectivity index (χ1n) is 28.6. The van der Waals surface area contributed by atoms with Gasteiger partial charge in [-0.25, -0.2) is 4.79 Å². The number of hydrogen-bond donors (Lipinski definition) is 3. The van der Waals surface area contributed by atoms with Crippen LogP contribution < -0.4 is 0 Å². The van der Waals surface area contributed by atoms with Gasteiger partial charge in [0.1, 0.15) is 18.8 Å². The number of carboxylic acid groups (broad SMARTS) is 1. The first kappa shape index (κ1) is 66.9. The number of aliphatic carboxylic acids is 1. The van der Waals surface area contributed by atoms with Crippen LogP contribution in [0.4, 0.5) is 0 Å². The van der Waals surface area contributed by atoms with Crippen molar-refractivity contribution in [2.45, 2.75) is 263 Å². The molecule has 0 aliphatic carbocycles. The monoisotopic (exact) mass is 1020 g/mol. The van der Waals surface area contributed by atoms with Crippen molar-refractivity contribution in [2.24, 2.45) is 0 Å². The Morgan fingerprint density at radius 3 is 1.40 bits per heavy atom. The van der Waals surface area contributed by atoms with E-state index >= 15 is 0 Å². The van der Waals surface area contributed by atoms with Crippen LogP contribution in [0.25, 0.3) is 0 Å². The van der Waals surface area contributed by atoms with Gasteiger partial charge in [0.05, 0.1) is 6.61 Å². The Labute approximate surface area is 441 Å². The van der Waals surface area contributed by atoms with E-state index in [0.29, 0.717) is 25.7 Å². The largest absolute Gasteiger partial charge is 0.479 e. The molecule has 1 aliphatic rings. The number of carbonyl (C=O) groups is 4. The molecule has 1 aliphatic heterocycles. The van der Waals surface area contributed by atoms with E-state index in [2.05, 4.69) is 106 Å². The minimum absolute atomic E-state index is 0.00375. The lowest BCUT2D eigenvalue weighted by molar-refractivity contribution is -0.301. The van der Waals surface area contributed by atoms with E-state index in [1.165, 1.54) is 51.4 Å².